The number of ether oxygens (including phenoxy) is 1. The van der Waals surface area contributed by atoms with E-state index in [1.807, 2.05) is 24.4 Å². The van der Waals surface area contributed by atoms with Gasteiger partial charge in [-0.3, -0.25) is 14.7 Å². The topological polar surface area (TPSA) is 57.7 Å². The molecule has 2 aliphatic heterocycles. The Morgan fingerprint density at radius 2 is 1.79 bits per heavy atom. The monoisotopic (exact) mass is 394 g/mol. The summed E-state index contributed by atoms with van der Waals surface area (Å²) in [7, 11) is 0. The van der Waals surface area contributed by atoms with E-state index in [1.54, 1.807) is 6.20 Å². The summed E-state index contributed by atoms with van der Waals surface area (Å²) in [5.74, 6) is -0.0302. The van der Waals surface area contributed by atoms with E-state index >= 15 is 0 Å². The van der Waals surface area contributed by atoms with Crippen molar-refractivity contribution in [2.75, 3.05) is 50.8 Å². The van der Waals surface area contributed by atoms with Gasteiger partial charge in [-0.2, -0.15) is 0 Å². The first kappa shape index (κ1) is 19.9. The first-order valence-electron chi connectivity index (χ1n) is 10.7. The van der Waals surface area contributed by atoms with Gasteiger partial charge in [0.25, 0.3) is 5.91 Å². The molecule has 29 heavy (non-hydrogen) atoms. The lowest BCUT2D eigenvalue weighted by atomic mass is 10.1. The van der Waals surface area contributed by atoms with Crippen molar-refractivity contribution < 1.29 is 9.53 Å². The van der Waals surface area contributed by atoms with Gasteiger partial charge in [-0.15, -0.1) is 0 Å². The minimum atomic E-state index is -0.0302. The van der Waals surface area contributed by atoms with Crippen molar-refractivity contribution in [2.45, 2.75) is 25.3 Å². The fourth-order valence-electron chi connectivity index (χ4n) is 4.19. The molecule has 0 spiro atoms. The number of carbonyl (C=O) groups is 1. The Morgan fingerprint density at radius 3 is 2.48 bits per heavy atom. The molecule has 2 aromatic rings. The second-order valence-electron chi connectivity index (χ2n) is 7.76. The minimum Gasteiger partial charge on any atom is -0.379 e. The summed E-state index contributed by atoms with van der Waals surface area (Å²) in [6, 6.07) is 12.1. The fraction of sp³-hybridized carbons (Fsp3) is 0.478. The van der Waals surface area contributed by atoms with Gasteiger partial charge >= 0.3 is 0 Å². The van der Waals surface area contributed by atoms with Gasteiger partial charge in [0.05, 0.1) is 19.3 Å². The van der Waals surface area contributed by atoms with Crippen molar-refractivity contribution in [3.63, 3.8) is 0 Å². The van der Waals surface area contributed by atoms with Crippen LogP contribution >= 0.6 is 0 Å². The van der Waals surface area contributed by atoms with Gasteiger partial charge in [-0.1, -0.05) is 6.07 Å². The van der Waals surface area contributed by atoms with Crippen molar-refractivity contribution in [1.29, 1.82) is 0 Å². The van der Waals surface area contributed by atoms with Crippen molar-refractivity contribution in [2.24, 2.45) is 0 Å². The molecule has 6 heteroatoms. The fourth-order valence-corrected chi connectivity index (χ4v) is 4.19. The number of morpholine rings is 1. The highest BCUT2D eigenvalue weighted by atomic mass is 16.5. The second-order valence-corrected chi connectivity index (χ2v) is 7.76. The lowest BCUT2D eigenvalue weighted by molar-refractivity contribution is 0.0161. The van der Waals surface area contributed by atoms with Crippen LogP contribution in [0.15, 0.2) is 48.8 Å². The Labute approximate surface area is 172 Å². The van der Waals surface area contributed by atoms with Crippen LogP contribution < -0.4 is 10.2 Å². The third-order valence-corrected chi connectivity index (χ3v) is 5.86. The average Bonchev–Trinajstić information content (AvgIpc) is 2.81. The molecule has 3 heterocycles. The number of aromatic nitrogens is 1. The highest BCUT2D eigenvalue weighted by molar-refractivity contribution is 5.94. The number of rotatable bonds is 6. The quantitative estimate of drug-likeness (QED) is 0.817. The van der Waals surface area contributed by atoms with E-state index in [0.717, 1.165) is 45.0 Å². The van der Waals surface area contributed by atoms with E-state index < -0.39 is 0 Å². The van der Waals surface area contributed by atoms with Crippen LogP contribution in [0.4, 0.5) is 5.69 Å². The van der Waals surface area contributed by atoms with E-state index in [1.165, 1.54) is 24.9 Å². The highest BCUT2D eigenvalue weighted by Crippen LogP contribution is 2.22. The number of piperidine rings is 1. The maximum Gasteiger partial charge on any atom is 0.251 e. The summed E-state index contributed by atoms with van der Waals surface area (Å²) in [5, 5.41) is 3.13. The van der Waals surface area contributed by atoms with Crippen LogP contribution in [0.2, 0.25) is 0 Å². The molecule has 2 aliphatic rings. The smallest absolute Gasteiger partial charge is 0.251 e. The van der Waals surface area contributed by atoms with Gasteiger partial charge in [-0.25, -0.2) is 0 Å². The maximum atomic E-state index is 12.8. The van der Waals surface area contributed by atoms with Gasteiger partial charge in [0.2, 0.25) is 0 Å². The molecule has 0 unspecified atom stereocenters. The Morgan fingerprint density at radius 1 is 1.03 bits per heavy atom. The summed E-state index contributed by atoms with van der Waals surface area (Å²) in [5.41, 5.74) is 3.04. The summed E-state index contributed by atoms with van der Waals surface area (Å²) < 4.78 is 5.49. The number of benzene rings is 1. The van der Waals surface area contributed by atoms with Crippen LogP contribution in [0.1, 0.15) is 41.2 Å². The summed E-state index contributed by atoms with van der Waals surface area (Å²) in [6.07, 6.45) is 7.49. The number of nitrogens with one attached hydrogen (secondary N) is 1. The molecular weight excluding hydrogens is 364 g/mol. The molecule has 1 atom stereocenters. The Hall–Kier alpha value is -2.44. The third-order valence-electron chi connectivity index (χ3n) is 5.86. The molecule has 6 nitrogen and oxygen atoms in total. The molecule has 4 rings (SSSR count). The lowest BCUT2D eigenvalue weighted by Crippen LogP contribution is -2.43. The number of carbonyl (C=O) groups excluding carboxylic acids is 1. The number of nitrogens with zero attached hydrogens (tertiary/aromatic N) is 3. The first-order valence-corrected chi connectivity index (χ1v) is 10.7. The zero-order chi connectivity index (χ0) is 19.9. The summed E-state index contributed by atoms with van der Waals surface area (Å²) in [6.45, 7) is 5.94. The molecule has 154 valence electrons. The van der Waals surface area contributed by atoms with E-state index in [0.29, 0.717) is 12.1 Å². The maximum absolute atomic E-state index is 12.8. The number of anilines is 1. The number of amides is 1. The molecule has 1 aromatic carbocycles. The predicted molar refractivity (Wildman–Crippen MR) is 114 cm³/mol. The van der Waals surface area contributed by atoms with Gasteiger partial charge in [0, 0.05) is 56.4 Å². The van der Waals surface area contributed by atoms with E-state index in [4.69, 9.17) is 4.74 Å². The summed E-state index contributed by atoms with van der Waals surface area (Å²) >= 11 is 0. The van der Waals surface area contributed by atoms with Crippen LogP contribution in [0.3, 0.4) is 0 Å². The standard InChI is InChI=1S/C23H30N4O2/c28-23(19-6-8-21(9-7-19)26-11-2-1-3-12-26)25-18-22(20-5-4-10-24-17-20)27-13-15-29-16-14-27/h4-10,17,22H,1-3,11-16,18H2,(H,25,28)/t22-/m0/s1. The molecule has 0 aliphatic carbocycles. The van der Waals surface area contributed by atoms with Crippen LogP contribution in [0.5, 0.6) is 0 Å². The SMILES string of the molecule is O=C(NC[C@@H](c1cccnc1)N1CCOCC1)c1ccc(N2CCCCC2)cc1. The normalized spacial score (nSPS) is 19.0. The average molecular weight is 395 g/mol. The minimum absolute atomic E-state index is 0.0302. The molecule has 0 radical (unpaired) electrons. The molecular formula is C23H30N4O2. The van der Waals surface area contributed by atoms with E-state index in [-0.39, 0.29) is 11.9 Å². The van der Waals surface area contributed by atoms with Gasteiger partial charge in [-0.05, 0) is 55.2 Å². The van der Waals surface area contributed by atoms with Crippen molar-refractivity contribution in [3.8, 4) is 0 Å². The Balaban J connectivity index is 1.39. The van der Waals surface area contributed by atoms with Gasteiger partial charge in [0.15, 0.2) is 0 Å². The van der Waals surface area contributed by atoms with E-state index in [2.05, 4.69) is 38.3 Å². The van der Waals surface area contributed by atoms with Crippen molar-refractivity contribution in [1.82, 2.24) is 15.2 Å². The van der Waals surface area contributed by atoms with Crippen LogP contribution in [0, 0.1) is 0 Å². The molecule has 1 amide bonds. The van der Waals surface area contributed by atoms with Crippen LogP contribution in [-0.4, -0.2) is 61.7 Å². The Kier molecular flexibility index (Phi) is 6.75. The number of hydrogen-bond donors (Lipinski definition) is 1. The van der Waals surface area contributed by atoms with Gasteiger partial charge < -0.3 is 15.0 Å². The largest absolute Gasteiger partial charge is 0.379 e. The molecule has 1 N–H and O–H groups in total. The number of pyridine rings is 1. The number of hydrogen-bond acceptors (Lipinski definition) is 5. The van der Waals surface area contributed by atoms with Crippen LogP contribution in [-0.2, 0) is 4.74 Å². The molecule has 2 saturated heterocycles. The first-order chi connectivity index (χ1) is 14.3. The zero-order valence-corrected chi connectivity index (χ0v) is 16.9. The predicted octanol–water partition coefficient (Wildman–Crippen LogP) is 2.88. The zero-order valence-electron chi connectivity index (χ0n) is 16.9. The Bertz CT molecular complexity index is 769. The summed E-state index contributed by atoms with van der Waals surface area (Å²) in [4.78, 5) is 21.8. The van der Waals surface area contributed by atoms with Gasteiger partial charge in [0.1, 0.15) is 0 Å². The van der Waals surface area contributed by atoms with E-state index in [9.17, 15) is 4.79 Å². The van der Waals surface area contributed by atoms with Crippen molar-refractivity contribution in [3.05, 3.63) is 59.9 Å². The molecule has 0 saturated carbocycles. The lowest BCUT2D eigenvalue weighted by Gasteiger charge is -2.34. The highest BCUT2D eigenvalue weighted by Gasteiger charge is 2.23. The molecule has 1 aromatic heterocycles. The third kappa shape index (κ3) is 5.14. The second kappa shape index (κ2) is 9.85. The molecule has 2 fully saturated rings. The van der Waals surface area contributed by atoms with Crippen LogP contribution in [0.25, 0.3) is 0 Å². The van der Waals surface area contributed by atoms with Crippen molar-refractivity contribution >= 4 is 11.6 Å². The molecule has 0 bridgehead atoms.